The van der Waals surface area contributed by atoms with Crippen molar-refractivity contribution in [2.24, 2.45) is 0 Å². The van der Waals surface area contributed by atoms with E-state index in [1.165, 1.54) is 4.90 Å². The van der Waals surface area contributed by atoms with Crippen LogP contribution >= 0.6 is 12.2 Å². The Kier molecular flexibility index (Phi) is 3.81. The molecule has 96 valence electrons. The van der Waals surface area contributed by atoms with Gasteiger partial charge in [0, 0.05) is 12.2 Å². The van der Waals surface area contributed by atoms with E-state index in [1.807, 2.05) is 31.2 Å². The molecule has 0 spiro atoms. The van der Waals surface area contributed by atoms with Gasteiger partial charge >= 0.3 is 6.09 Å². The van der Waals surface area contributed by atoms with Crippen LogP contribution < -0.4 is 5.32 Å². The second-order valence-electron chi connectivity index (χ2n) is 4.49. The van der Waals surface area contributed by atoms with E-state index in [4.69, 9.17) is 17.3 Å². The standard InChI is InChI=1S/C13H16N2O2S/c1-9-4-2-5-10(8-9)14-12(18)11-6-3-7-15(11)13(16)17/h2,4-5,8,11H,3,6-7H2,1H3,(H,14,18)(H,16,17). The maximum atomic E-state index is 11.1. The molecule has 1 aromatic carbocycles. The first-order valence-electron chi connectivity index (χ1n) is 5.95. The average Bonchev–Trinajstić information content (AvgIpc) is 2.77. The second kappa shape index (κ2) is 5.35. The third-order valence-electron chi connectivity index (χ3n) is 3.09. The van der Waals surface area contributed by atoms with Crippen molar-refractivity contribution in [2.45, 2.75) is 25.8 Å². The molecule has 0 saturated carbocycles. The molecule has 1 atom stereocenters. The summed E-state index contributed by atoms with van der Waals surface area (Å²) in [5.74, 6) is 0. The van der Waals surface area contributed by atoms with Gasteiger partial charge in [-0.25, -0.2) is 4.79 Å². The molecule has 5 heteroatoms. The van der Waals surface area contributed by atoms with Crippen LogP contribution in [-0.4, -0.2) is 33.7 Å². The summed E-state index contributed by atoms with van der Waals surface area (Å²) in [5.41, 5.74) is 2.06. The van der Waals surface area contributed by atoms with Gasteiger partial charge in [0.2, 0.25) is 0 Å². The van der Waals surface area contributed by atoms with Crippen molar-refractivity contribution in [2.75, 3.05) is 11.9 Å². The number of hydrogen-bond donors (Lipinski definition) is 2. The summed E-state index contributed by atoms with van der Waals surface area (Å²) in [6.45, 7) is 2.57. The number of aryl methyl sites for hydroxylation is 1. The van der Waals surface area contributed by atoms with Crippen molar-refractivity contribution in [3.63, 3.8) is 0 Å². The topological polar surface area (TPSA) is 52.6 Å². The Bertz CT molecular complexity index is 476. The molecule has 0 radical (unpaired) electrons. The number of likely N-dealkylation sites (tertiary alicyclic amines) is 1. The van der Waals surface area contributed by atoms with Gasteiger partial charge in [0.15, 0.2) is 0 Å². The van der Waals surface area contributed by atoms with Crippen LogP contribution in [0.3, 0.4) is 0 Å². The van der Waals surface area contributed by atoms with E-state index in [2.05, 4.69) is 5.32 Å². The number of nitrogens with one attached hydrogen (secondary N) is 1. The largest absolute Gasteiger partial charge is 0.465 e. The molecule has 1 fully saturated rings. The lowest BCUT2D eigenvalue weighted by atomic mass is 10.2. The van der Waals surface area contributed by atoms with E-state index in [0.29, 0.717) is 11.5 Å². The minimum atomic E-state index is -0.897. The fraction of sp³-hybridized carbons (Fsp3) is 0.385. The van der Waals surface area contributed by atoms with Crippen molar-refractivity contribution in [1.29, 1.82) is 0 Å². The van der Waals surface area contributed by atoms with Crippen molar-refractivity contribution >= 4 is 29.0 Å². The van der Waals surface area contributed by atoms with Crippen LogP contribution in [0.15, 0.2) is 24.3 Å². The average molecular weight is 264 g/mol. The van der Waals surface area contributed by atoms with E-state index in [9.17, 15) is 4.79 Å². The third kappa shape index (κ3) is 2.79. The van der Waals surface area contributed by atoms with Gasteiger partial charge in [-0.2, -0.15) is 0 Å². The number of rotatable bonds is 2. The van der Waals surface area contributed by atoms with Gasteiger partial charge in [-0.3, -0.25) is 4.90 Å². The Labute approximate surface area is 112 Å². The Balaban J connectivity index is 2.06. The monoisotopic (exact) mass is 264 g/mol. The quantitative estimate of drug-likeness (QED) is 0.806. The number of benzene rings is 1. The molecule has 2 N–H and O–H groups in total. The Morgan fingerprint density at radius 2 is 2.33 bits per heavy atom. The van der Waals surface area contributed by atoms with E-state index >= 15 is 0 Å². The van der Waals surface area contributed by atoms with Crippen molar-refractivity contribution in [1.82, 2.24) is 4.90 Å². The zero-order valence-corrected chi connectivity index (χ0v) is 11.0. The fourth-order valence-electron chi connectivity index (χ4n) is 2.22. The smallest absolute Gasteiger partial charge is 0.407 e. The Morgan fingerprint density at radius 1 is 1.56 bits per heavy atom. The highest BCUT2D eigenvalue weighted by Crippen LogP contribution is 2.20. The molecule has 1 saturated heterocycles. The summed E-state index contributed by atoms with van der Waals surface area (Å²) in [6, 6.07) is 7.68. The van der Waals surface area contributed by atoms with Crippen LogP contribution in [0, 0.1) is 6.92 Å². The predicted octanol–water partition coefficient (Wildman–Crippen LogP) is 2.88. The summed E-state index contributed by atoms with van der Waals surface area (Å²) in [4.78, 5) is 13.1. The van der Waals surface area contributed by atoms with Crippen molar-refractivity contribution in [3.05, 3.63) is 29.8 Å². The van der Waals surface area contributed by atoms with Gasteiger partial charge in [0.05, 0.1) is 6.04 Å². The molecule has 1 aliphatic rings. The van der Waals surface area contributed by atoms with Gasteiger partial charge in [0.25, 0.3) is 0 Å². The normalized spacial score (nSPS) is 18.7. The van der Waals surface area contributed by atoms with E-state index in [-0.39, 0.29) is 6.04 Å². The zero-order chi connectivity index (χ0) is 13.1. The van der Waals surface area contributed by atoms with Crippen LogP contribution in [0.25, 0.3) is 0 Å². The van der Waals surface area contributed by atoms with E-state index in [0.717, 1.165) is 24.1 Å². The first-order chi connectivity index (χ1) is 8.58. The molecule has 1 unspecified atom stereocenters. The molecule has 0 aromatic heterocycles. The Hall–Kier alpha value is -1.62. The maximum Gasteiger partial charge on any atom is 0.407 e. The van der Waals surface area contributed by atoms with Crippen LogP contribution in [0.4, 0.5) is 10.5 Å². The van der Waals surface area contributed by atoms with Crippen LogP contribution in [-0.2, 0) is 0 Å². The van der Waals surface area contributed by atoms with Crippen molar-refractivity contribution in [3.8, 4) is 0 Å². The summed E-state index contributed by atoms with van der Waals surface area (Å²) < 4.78 is 0. The number of carbonyl (C=O) groups is 1. The number of hydrogen-bond acceptors (Lipinski definition) is 2. The van der Waals surface area contributed by atoms with E-state index in [1.54, 1.807) is 0 Å². The Morgan fingerprint density at radius 3 is 3.00 bits per heavy atom. The highest BCUT2D eigenvalue weighted by atomic mass is 32.1. The molecular formula is C13H16N2O2S. The predicted molar refractivity (Wildman–Crippen MR) is 75.2 cm³/mol. The molecule has 1 heterocycles. The highest BCUT2D eigenvalue weighted by Gasteiger charge is 2.31. The number of thiocarbonyl (C=S) groups is 1. The van der Waals surface area contributed by atoms with Gasteiger partial charge in [-0.1, -0.05) is 24.4 Å². The lowest BCUT2D eigenvalue weighted by Gasteiger charge is -2.23. The SMILES string of the molecule is Cc1cccc(NC(=S)C2CCCN2C(=O)O)c1. The number of nitrogens with zero attached hydrogens (tertiary/aromatic N) is 1. The molecule has 0 aliphatic carbocycles. The number of carboxylic acid groups (broad SMARTS) is 1. The maximum absolute atomic E-state index is 11.1. The first kappa shape index (κ1) is 12.8. The molecule has 1 aromatic rings. The van der Waals surface area contributed by atoms with Crippen LogP contribution in [0.5, 0.6) is 0 Å². The molecule has 0 bridgehead atoms. The van der Waals surface area contributed by atoms with Crippen LogP contribution in [0.2, 0.25) is 0 Å². The minimum absolute atomic E-state index is 0.196. The summed E-state index contributed by atoms with van der Waals surface area (Å²) in [7, 11) is 0. The van der Waals surface area contributed by atoms with Gasteiger partial charge in [-0.15, -0.1) is 0 Å². The van der Waals surface area contributed by atoms with Crippen LogP contribution in [0.1, 0.15) is 18.4 Å². The van der Waals surface area contributed by atoms with Gasteiger partial charge in [0.1, 0.15) is 4.99 Å². The molecule has 1 aliphatic heterocycles. The number of amides is 1. The van der Waals surface area contributed by atoms with Gasteiger partial charge < -0.3 is 10.4 Å². The first-order valence-corrected chi connectivity index (χ1v) is 6.36. The van der Waals surface area contributed by atoms with E-state index < -0.39 is 6.09 Å². The fourth-order valence-corrected chi connectivity index (χ4v) is 2.58. The van der Waals surface area contributed by atoms with Gasteiger partial charge in [-0.05, 0) is 37.5 Å². The summed E-state index contributed by atoms with van der Waals surface area (Å²) in [5, 5.41) is 12.2. The molecule has 4 nitrogen and oxygen atoms in total. The minimum Gasteiger partial charge on any atom is -0.465 e. The lowest BCUT2D eigenvalue weighted by Crippen LogP contribution is -2.41. The second-order valence-corrected chi connectivity index (χ2v) is 4.93. The summed E-state index contributed by atoms with van der Waals surface area (Å²) >= 11 is 5.32. The molecular weight excluding hydrogens is 248 g/mol. The molecule has 2 rings (SSSR count). The van der Waals surface area contributed by atoms with Crippen molar-refractivity contribution < 1.29 is 9.90 Å². The molecule has 1 amide bonds. The summed E-state index contributed by atoms with van der Waals surface area (Å²) in [6.07, 6.45) is 0.766. The highest BCUT2D eigenvalue weighted by molar-refractivity contribution is 7.80. The zero-order valence-electron chi connectivity index (χ0n) is 10.2. The third-order valence-corrected chi connectivity index (χ3v) is 3.46. The lowest BCUT2D eigenvalue weighted by molar-refractivity contribution is 0.150. The number of anilines is 1. The molecule has 18 heavy (non-hydrogen) atoms.